The highest BCUT2D eigenvalue weighted by Crippen LogP contribution is 2.57. The van der Waals surface area contributed by atoms with Crippen molar-refractivity contribution < 1.29 is 14.3 Å². The summed E-state index contributed by atoms with van der Waals surface area (Å²) in [5.41, 5.74) is 0.00937. The van der Waals surface area contributed by atoms with E-state index in [9.17, 15) is 4.79 Å². The Bertz CT molecular complexity index is 367. The molecule has 0 unspecified atom stereocenters. The Hall–Kier alpha value is -0.570. The third-order valence-electron chi connectivity index (χ3n) is 5.86. The van der Waals surface area contributed by atoms with E-state index in [1.807, 2.05) is 0 Å². The molecule has 1 spiro atoms. The molecule has 2 aliphatic carbocycles. The Balaban J connectivity index is 1.84. The van der Waals surface area contributed by atoms with Crippen LogP contribution in [0.1, 0.15) is 52.9 Å². The third-order valence-corrected chi connectivity index (χ3v) is 5.86. The summed E-state index contributed by atoms with van der Waals surface area (Å²) < 4.78 is 11.8. The molecule has 3 fully saturated rings. The quantitative estimate of drug-likeness (QED) is 0.684. The molecular weight excluding hydrogens is 240 g/mol. The summed E-state index contributed by atoms with van der Waals surface area (Å²) in [6, 6.07) is 0. The number of hydrogen-bond acceptors (Lipinski definition) is 3. The van der Waals surface area contributed by atoms with Gasteiger partial charge in [0.05, 0.1) is 12.2 Å². The Morgan fingerprint density at radius 2 is 1.79 bits per heavy atom. The van der Waals surface area contributed by atoms with Crippen LogP contribution in [0.3, 0.4) is 0 Å². The van der Waals surface area contributed by atoms with Gasteiger partial charge in [-0.05, 0) is 49.4 Å². The molecule has 3 nitrogen and oxygen atoms in total. The Morgan fingerprint density at radius 3 is 2.53 bits per heavy atom. The highest BCUT2D eigenvalue weighted by molar-refractivity contribution is 5.66. The van der Waals surface area contributed by atoms with Gasteiger partial charge in [0.15, 0.2) is 0 Å². The minimum atomic E-state index is -0.147. The van der Waals surface area contributed by atoms with Crippen LogP contribution in [0.15, 0.2) is 0 Å². The summed E-state index contributed by atoms with van der Waals surface area (Å²) >= 11 is 0. The highest BCUT2D eigenvalue weighted by atomic mass is 16.5. The van der Waals surface area contributed by atoms with E-state index >= 15 is 0 Å². The molecule has 6 atom stereocenters. The summed E-state index contributed by atoms with van der Waals surface area (Å²) in [5.74, 6) is 2.60. The van der Waals surface area contributed by atoms with Gasteiger partial charge in [0.2, 0.25) is 0 Å². The van der Waals surface area contributed by atoms with E-state index in [-0.39, 0.29) is 17.7 Å². The second-order valence-corrected chi connectivity index (χ2v) is 7.02. The first kappa shape index (κ1) is 13.4. The second kappa shape index (κ2) is 4.76. The molecule has 0 aromatic heterocycles. The molecule has 0 amide bonds. The third kappa shape index (κ3) is 2.10. The fourth-order valence-corrected chi connectivity index (χ4v) is 5.08. The van der Waals surface area contributed by atoms with E-state index in [4.69, 9.17) is 9.47 Å². The van der Waals surface area contributed by atoms with Crippen LogP contribution in [0.4, 0.5) is 0 Å². The van der Waals surface area contributed by atoms with Crippen molar-refractivity contribution in [1.82, 2.24) is 0 Å². The van der Waals surface area contributed by atoms with Crippen LogP contribution in [0.25, 0.3) is 0 Å². The molecule has 0 N–H and O–H groups in total. The predicted octanol–water partition coefficient (Wildman–Crippen LogP) is 3.17. The van der Waals surface area contributed by atoms with Gasteiger partial charge in [-0.3, -0.25) is 4.79 Å². The molecule has 3 aliphatic rings. The molecule has 0 aromatic rings. The SMILES string of the molecule is CC(=O)O[C@H]1CC[C@H]2[C@H](C)CC[C@H]3[C@@H](C)CO[C@]23C1. The smallest absolute Gasteiger partial charge is 0.302 e. The maximum Gasteiger partial charge on any atom is 0.302 e. The van der Waals surface area contributed by atoms with Crippen molar-refractivity contribution in [1.29, 1.82) is 0 Å². The van der Waals surface area contributed by atoms with Crippen molar-refractivity contribution in [3.05, 3.63) is 0 Å². The minimum Gasteiger partial charge on any atom is -0.462 e. The monoisotopic (exact) mass is 266 g/mol. The lowest BCUT2D eigenvalue weighted by Crippen LogP contribution is -2.55. The number of rotatable bonds is 1. The van der Waals surface area contributed by atoms with E-state index in [0.29, 0.717) is 17.8 Å². The molecule has 1 saturated heterocycles. The molecular formula is C16H26O3. The fraction of sp³-hybridized carbons (Fsp3) is 0.938. The van der Waals surface area contributed by atoms with Gasteiger partial charge in [-0.1, -0.05) is 13.8 Å². The fourth-order valence-electron chi connectivity index (χ4n) is 5.08. The number of ether oxygens (including phenoxy) is 2. The van der Waals surface area contributed by atoms with Gasteiger partial charge < -0.3 is 9.47 Å². The first-order valence-corrected chi connectivity index (χ1v) is 7.84. The summed E-state index contributed by atoms with van der Waals surface area (Å²) in [6.45, 7) is 7.10. The summed E-state index contributed by atoms with van der Waals surface area (Å²) in [5, 5.41) is 0. The topological polar surface area (TPSA) is 35.5 Å². The van der Waals surface area contributed by atoms with Gasteiger partial charge in [0.1, 0.15) is 6.10 Å². The van der Waals surface area contributed by atoms with Gasteiger partial charge in [0.25, 0.3) is 0 Å². The molecule has 1 aliphatic heterocycles. The Kier molecular flexibility index (Phi) is 3.36. The number of esters is 1. The first-order valence-electron chi connectivity index (χ1n) is 7.84. The molecule has 19 heavy (non-hydrogen) atoms. The number of carbonyl (C=O) groups excluding carboxylic acids is 1. The summed E-state index contributed by atoms with van der Waals surface area (Å²) in [7, 11) is 0. The molecule has 2 saturated carbocycles. The Labute approximate surface area is 116 Å². The van der Waals surface area contributed by atoms with E-state index in [1.54, 1.807) is 0 Å². The molecule has 0 bridgehead atoms. The van der Waals surface area contributed by atoms with Crippen molar-refractivity contribution in [2.24, 2.45) is 23.7 Å². The van der Waals surface area contributed by atoms with Crippen LogP contribution in [0, 0.1) is 23.7 Å². The highest BCUT2D eigenvalue weighted by Gasteiger charge is 2.59. The summed E-state index contributed by atoms with van der Waals surface area (Å²) in [6.07, 6.45) is 5.79. The Morgan fingerprint density at radius 1 is 1.11 bits per heavy atom. The van der Waals surface area contributed by atoms with Gasteiger partial charge in [-0.2, -0.15) is 0 Å². The van der Waals surface area contributed by atoms with E-state index < -0.39 is 0 Å². The number of carbonyl (C=O) groups is 1. The van der Waals surface area contributed by atoms with Gasteiger partial charge >= 0.3 is 5.97 Å². The standard InChI is InChI=1S/C16H26O3/c1-10-4-6-15-11(2)9-18-16(15)8-13(19-12(3)17)5-7-14(10)16/h10-11,13-15H,4-9H2,1-3H3/t10-,11+,13+,14+,15+,16-/m1/s1. The average Bonchev–Trinajstić information content (AvgIpc) is 2.65. The maximum atomic E-state index is 11.2. The van der Waals surface area contributed by atoms with Crippen molar-refractivity contribution in [2.75, 3.05) is 6.61 Å². The minimum absolute atomic E-state index is 0.00937. The molecule has 108 valence electrons. The molecule has 0 radical (unpaired) electrons. The normalized spacial score (nSPS) is 49.3. The van der Waals surface area contributed by atoms with E-state index in [2.05, 4.69) is 13.8 Å². The lowest BCUT2D eigenvalue weighted by atomic mass is 9.56. The summed E-state index contributed by atoms with van der Waals surface area (Å²) in [4.78, 5) is 11.2. The number of hydrogen-bond donors (Lipinski definition) is 0. The molecule has 0 aromatic carbocycles. The predicted molar refractivity (Wildman–Crippen MR) is 72.6 cm³/mol. The second-order valence-electron chi connectivity index (χ2n) is 7.02. The molecule has 3 rings (SSSR count). The zero-order valence-corrected chi connectivity index (χ0v) is 12.4. The zero-order chi connectivity index (χ0) is 13.6. The van der Waals surface area contributed by atoms with Crippen LogP contribution >= 0.6 is 0 Å². The van der Waals surface area contributed by atoms with Crippen LogP contribution in [-0.4, -0.2) is 24.3 Å². The van der Waals surface area contributed by atoms with Gasteiger partial charge in [0, 0.05) is 13.3 Å². The maximum absolute atomic E-state index is 11.2. The van der Waals surface area contributed by atoms with E-state index in [0.717, 1.165) is 31.8 Å². The zero-order valence-electron chi connectivity index (χ0n) is 12.4. The van der Waals surface area contributed by atoms with Crippen LogP contribution in [0.2, 0.25) is 0 Å². The lowest BCUT2D eigenvalue weighted by molar-refractivity contribution is -0.174. The van der Waals surface area contributed by atoms with Gasteiger partial charge in [-0.25, -0.2) is 0 Å². The van der Waals surface area contributed by atoms with Crippen molar-refractivity contribution in [3.8, 4) is 0 Å². The molecule has 3 heteroatoms. The lowest BCUT2D eigenvalue weighted by Gasteiger charge is -2.53. The molecule has 1 heterocycles. The van der Waals surface area contributed by atoms with Crippen LogP contribution in [-0.2, 0) is 14.3 Å². The van der Waals surface area contributed by atoms with Crippen molar-refractivity contribution in [2.45, 2.75) is 64.6 Å². The van der Waals surface area contributed by atoms with Crippen molar-refractivity contribution >= 4 is 5.97 Å². The first-order chi connectivity index (χ1) is 9.03. The van der Waals surface area contributed by atoms with E-state index in [1.165, 1.54) is 19.8 Å². The van der Waals surface area contributed by atoms with Crippen LogP contribution in [0.5, 0.6) is 0 Å². The largest absolute Gasteiger partial charge is 0.462 e. The van der Waals surface area contributed by atoms with Crippen molar-refractivity contribution in [3.63, 3.8) is 0 Å². The average molecular weight is 266 g/mol. The van der Waals surface area contributed by atoms with Crippen LogP contribution < -0.4 is 0 Å². The van der Waals surface area contributed by atoms with Gasteiger partial charge in [-0.15, -0.1) is 0 Å².